The van der Waals surface area contributed by atoms with Crippen molar-refractivity contribution < 1.29 is 13.2 Å². The van der Waals surface area contributed by atoms with Crippen LogP contribution < -0.4 is 5.32 Å². The molecule has 134 valence electrons. The second-order valence-electron chi connectivity index (χ2n) is 5.36. The number of hydrogen-bond acceptors (Lipinski definition) is 5. The number of nitrogens with one attached hydrogen (secondary N) is 1. The molecule has 0 saturated heterocycles. The molecule has 0 unspecified atom stereocenters. The average Bonchev–Trinajstić information content (AvgIpc) is 3.16. The van der Waals surface area contributed by atoms with Crippen LogP contribution in [0.5, 0.6) is 0 Å². The van der Waals surface area contributed by atoms with Crippen molar-refractivity contribution in [2.45, 2.75) is 11.8 Å². The molecule has 0 atom stereocenters. The summed E-state index contributed by atoms with van der Waals surface area (Å²) in [6.07, 6.45) is 2.84. The Bertz CT molecular complexity index is 1030. The number of benzene rings is 2. The number of para-hydroxylation sites is 1. The summed E-state index contributed by atoms with van der Waals surface area (Å²) in [5.74, 6) is -0.392. The summed E-state index contributed by atoms with van der Waals surface area (Å²) in [5.41, 5.74) is 1.27. The lowest BCUT2D eigenvalue weighted by molar-refractivity contribution is 0.102. The summed E-state index contributed by atoms with van der Waals surface area (Å²) >= 11 is 6.23. The molecule has 1 amide bonds. The van der Waals surface area contributed by atoms with Crippen LogP contribution in [0.3, 0.4) is 0 Å². The molecule has 9 heteroatoms. The third-order valence-electron chi connectivity index (χ3n) is 3.74. The van der Waals surface area contributed by atoms with Gasteiger partial charge in [-0.25, -0.2) is 18.1 Å². The summed E-state index contributed by atoms with van der Waals surface area (Å²) in [6.45, 7) is 1.57. The van der Waals surface area contributed by atoms with Gasteiger partial charge in [0.15, 0.2) is 9.84 Å². The van der Waals surface area contributed by atoms with E-state index in [1.54, 1.807) is 25.1 Å². The van der Waals surface area contributed by atoms with Gasteiger partial charge in [-0.3, -0.25) is 4.79 Å². The maximum Gasteiger partial charge on any atom is 0.255 e. The van der Waals surface area contributed by atoms with Crippen molar-refractivity contribution in [1.82, 2.24) is 14.8 Å². The standard InChI is InChI=1S/C17H15ClN4O3S/c1-2-26(24,25)13-8-6-12(7-9-13)17(23)21-15-5-3-4-14(18)16(15)22-11-19-10-20-22/h3-11H,2H2,1H3,(H,21,23). The highest BCUT2D eigenvalue weighted by molar-refractivity contribution is 7.91. The van der Waals surface area contributed by atoms with Gasteiger partial charge in [-0.1, -0.05) is 24.6 Å². The minimum atomic E-state index is -3.31. The number of sulfone groups is 1. The monoisotopic (exact) mass is 390 g/mol. The summed E-state index contributed by atoms with van der Waals surface area (Å²) in [7, 11) is -3.31. The molecule has 3 aromatic rings. The van der Waals surface area contributed by atoms with E-state index in [0.717, 1.165) is 0 Å². The van der Waals surface area contributed by atoms with Gasteiger partial charge in [0.25, 0.3) is 5.91 Å². The molecule has 2 aromatic carbocycles. The van der Waals surface area contributed by atoms with Crippen molar-refractivity contribution in [3.63, 3.8) is 0 Å². The van der Waals surface area contributed by atoms with E-state index in [0.29, 0.717) is 22.0 Å². The van der Waals surface area contributed by atoms with Crippen LogP contribution in [0.4, 0.5) is 5.69 Å². The minimum Gasteiger partial charge on any atom is -0.320 e. The molecule has 1 heterocycles. The number of hydrogen-bond donors (Lipinski definition) is 1. The first-order chi connectivity index (χ1) is 12.4. The first-order valence-corrected chi connectivity index (χ1v) is 9.73. The van der Waals surface area contributed by atoms with E-state index in [-0.39, 0.29) is 10.6 Å². The Kier molecular flexibility index (Phi) is 5.06. The molecule has 0 fully saturated rings. The lowest BCUT2D eigenvalue weighted by Gasteiger charge is -2.12. The molecule has 0 radical (unpaired) electrons. The second kappa shape index (κ2) is 7.27. The minimum absolute atomic E-state index is 0.00230. The number of anilines is 1. The van der Waals surface area contributed by atoms with Crippen molar-refractivity contribution in [3.05, 3.63) is 65.7 Å². The van der Waals surface area contributed by atoms with Crippen molar-refractivity contribution in [1.29, 1.82) is 0 Å². The van der Waals surface area contributed by atoms with Crippen LogP contribution in [0.1, 0.15) is 17.3 Å². The number of amides is 1. The molecule has 26 heavy (non-hydrogen) atoms. The Hall–Kier alpha value is -2.71. The summed E-state index contributed by atoms with van der Waals surface area (Å²) in [4.78, 5) is 16.6. The van der Waals surface area contributed by atoms with Crippen LogP contribution in [0, 0.1) is 0 Å². The van der Waals surface area contributed by atoms with Gasteiger partial charge in [0.05, 0.1) is 21.4 Å². The SMILES string of the molecule is CCS(=O)(=O)c1ccc(C(=O)Nc2cccc(Cl)c2-n2cncn2)cc1. The number of rotatable bonds is 5. The van der Waals surface area contributed by atoms with Gasteiger partial charge in [-0.2, -0.15) is 5.10 Å². The lowest BCUT2D eigenvalue weighted by atomic mass is 10.2. The zero-order valence-corrected chi connectivity index (χ0v) is 15.3. The van der Waals surface area contributed by atoms with Crippen LogP contribution in [0.15, 0.2) is 60.0 Å². The van der Waals surface area contributed by atoms with Gasteiger partial charge in [0.2, 0.25) is 0 Å². The molecule has 0 spiro atoms. The smallest absolute Gasteiger partial charge is 0.255 e. The highest BCUT2D eigenvalue weighted by Gasteiger charge is 2.15. The predicted octanol–water partition coefficient (Wildman–Crippen LogP) is 2.97. The third kappa shape index (κ3) is 3.61. The molecule has 1 N–H and O–H groups in total. The average molecular weight is 391 g/mol. The zero-order chi connectivity index (χ0) is 18.7. The maximum absolute atomic E-state index is 12.5. The quantitative estimate of drug-likeness (QED) is 0.722. The van der Waals surface area contributed by atoms with Gasteiger partial charge < -0.3 is 5.32 Å². The predicted molar refractivity (Wildman–Crippen MR) is 98.5 cm³/mol. The van der Waals surface area contributed by atoms with E-state index < -0.39 is 15.7 Å². The van der Waals surface area contributed by atoms with E-state index in [9.17, 15) is 13.2 Å². The largest absolute Gasteiger partial charge is 0.320 e. The maximum atomic E-state index is 12.5. The normalized spacial score (nSPS) is 11.3. The molecule has 0 aliphatic rings. The van der Waals surface area contributed by atoms with Gasteiger partial charge in [-0.05, 0) is 36.4 Å². The van der Waals surface area contributed by atoms with Crippen LogP contribution in [0.2, 0.25) is 5.02 Å². The van der Waals surface area contributed by atoms with Crippen LogP contribution >= 0.6 is 11.6 Å². The Labute approximate surface area is 155 Å². The molecular formula is C17H15ClN4O3S. The summed E-state index contributed by atoms with van der Waals surface area (Å²) in [5, 5.41) is 7.21. The molecule has 0 bridgehead atoms. The molecule has 1 aromatic heterocycles. The number of aromatic nitrogens is 3. The van der Waals surface area contributed by atoms with E-state index in [2.05, 4.69) is 15.4 Å². The lowest BCUT2D eigenvalue weighted by Crippen LogP contribution is -2.14. The molecule has 0 saturated carbocycles. The van der Waals surface area contributed by atoms with E-state index in [1.807, 2.05) is 0 Å². The molecule has 0 aliphatic carbocycles. The van der Waals surface area contributed by atoms with Crippen molar-refractivity contribution >= 4 is 33.0 Å². The fourth-order valence-corrected chi connectivity index (χ4v) is 3.49. The zero-order valence-electron chi connectivity index (χ0n) is 13.8. The Morgan fingerprint density at radius 3 is 2.54 bits per heavy atom. The van der Waals surface area contributed by atoms with Crippen LogP contribution in [-0.4, -0.2) is 34.8 Å². The third-order valence-corrected chi connectivity index (χ3v) is 5.79. The van der Waals surface area contributed by atoms with Gasteiger partial charge in [0.1, 0.15) is 18.3 Å². The highest BCUT2D eigenvalue weighted by atomic mass is 35.5. The Morgan fingerprint density at radius 2 is 1.92 bits per heavy atom. The first-order valence-electron chi connectivity index (χ1n) is 7.70. The summed E-state index contributed by atoms with van der Waals surface area (Å²) in [6, 6.07) is 10.9. The van der Waals surface area contributed by atoms with E-state index >= 15 is 0 Å². The second-order valence-corrected chi connectivity index (χ2v) is 8.04. The summed E-state index contributed by atoms with van der Waals surface area (Å²) < 4.78 is 25.2. The number of nitrogens with zero attached hydrogens (tertiary/aromatic N) is 3. The van der Waals surface area contributed by atoms with Gasteiger partial charge in [0, 0.05) is 5.56 Å². The van der Waals surface area contributed by atoms with E-state index in [1.165, 1.54) is 41.6 Å². The fraction of sp³-hybridized carbons (Fsp3) is 0.118. The van der Waals surface area contributed by atoms with Crippen molar-refractivity contribution in [2.75, 3.05) is 11.1 Å². The van der Waals surface area contributed by atoms with Crippen molar-refractivity contribution in [3.8, 4) is 5.69 Å². The molecule has 3 rings (SSSR count). The first kappa shape index (κ1) is 18.1. The molecule has 0 aliphatic heterocycles. The molecular weight excluding hydrogens is 376 g/mol. The van der Waals surface area contributed by atoms with Crippen LogP contribution in [0.25, 0.3) is 5.69 Å². The fourth-order valence-electron chi connectivity index (χ4n) is 2.35. The number of carbonyl (C=O) groups is 1. The van der Waals surface area contributed by atoms with Gasteiger partial charge >= 0.3 is 0 Å². The highest BCUT2D eigenvalue weighted by Crippen LogP contribution is 2.28. The topological polar surface area (TPSA) is 94.0 Å². The van der Waals surface area contributed by atoms with Crippen molar-refractivity contribution in [2.24, 2.45) is 0 Å². The number of carbonyl (C=O) groups excluding carboxylic acids is 1. The Balaban J connectivity index is 1.89. The van der Waals surface area contributed by atoms with Gasteiger partial charge in [-0.15, -0.1) is 0 Å². The Morgan fingerprint density at radius 1 is 1.19 bits per heavy atom. The number of halogens is 1. The van der Waals surface area contributed by atoms with Crippen LogP contribution in [-0.2, 0) is 9.84 Å². The van der Waals surface area contributed by atoms with E-state index in [4.69, 9.17) is 11.6 Å². The molecule has 7 nitrogen and oxygen atoms in total.